The monoisotopic (exact) mass is 413 g/mol. The SMILES string of the molecule is O=[N+]([O-])c1ccc2cc(-c3c4ccccc4c(S(=O)O)c4ccccc34)ccc2c1. The van der Waals surface area contributed by atoms with E-state index in [1.165, 1.54) is 6.07 Å². The Morgan fingerprint density at radius 3 is 1.83 bits per heavy atom. The predicted octanol–water partition coefficient (Wildman–Crippen LogP) is 6.30. The zero-order valence-electron chi connectivity index (χ0n) is 15.6. The molecule has 146 valence electrons. The third kappa shape index (κ3) is 2.85. The molecule has 0 aliphatic carbocycles. The lowest BCUT2D eigenvalue weighted by molar-refractivity contribution is -0.384. The summed E-state index contributed by atoms with van der Waals surface area (Å²) >= 11 is -2.14. The second-order valence-corrected chi connectivity index (χ2v) is 7.95. The Hall–Kier alpha value is -3.61. The maximum absolute atomic E-state index is 12.2. The van der Waals surface area contributed by atoms with Gasteiger partial charge in [-0.15, -0.1) is 0 Å². The largest absolute Gasteiger partial charge is 0.302 e. The van der Waals surface area contributed by atoms with E-state index in [-0.39, 0.29) is 5.69 Å². The summed E-state index contributed by atoms with van der Waals surface area (Å²) in [6, 6.07) is 25.8. The van der Waals surface area contributed by atoms with Crippen molar-refractivity contribution in [2.45, 2.75) is 4.90 Å². The number of nitrogens with zero attached hydrogens (tertiary/aromatic N) is 1. The highest BCUT2D eigenvalue weighted by atomic mass is 32.2. The molecule has 1 N–H and O–H groups in total. The number of benzene rings is 5. The Balaban J connectivity index is 1.88. The number of fused-ring (bicyclic) bond motifs is 3. The Morgan fingerprint density at radius 1 is 0.733 bits per heavy atom. The van der Waals surface area contributed by atoms with Gasteiger partial charge >= 0.3 is 0 Å². The van der Waals surface area contributed by atoms with Crippen LogP contribution in [0.5, 0.6) is 0 Å². The van der Waals surface area contributed by atoms with Crippen LogP contribution >= 0.6 is 0 Å². The molecule has 5 rings (SSSR count). The predicted molar refractivity (Wildman–Crippen MR) is 120 cm³/mol. The van der Waals surface area contributed by atoms with Gasteiger partial charge in [0.25, 0.3) is 5.69 Å². The minimum Gasteiger partial charge on any atom is -0.302 e. The van der Waals surface area contributed by atoms with Crippen molar-refractivity contribution < 1.29 is 13.7 Å². The summed E-state index contributed by atoms with van der Waals surface area (Å²) in [6.45, 7) is 0. The highest BCUT2D eigenvalue weighted by Crippen LogP contribution is 2.41. The van der Waals surface area contributed by atoms with Crippen LogP contribution in [0.3, 0.4) is 0 Å². The van der Waals surface area contributed by atoms with Gasteiger partial charge < -0.3 is 4.55 Å². The van der Waals surface area contributed by atoms with Gasteiger partial charge in [-0.05, 0) is 44.8 Å². The molecule has 1 unspecified atom stereocenters. The summed E-state index contributed by atoms with van der Waals surface area (Å²) in [5, 5.41) is 16.0. The van der Waals surface area contributed by atoms with Crippen LogP contribution in [0.15, 0.2) is 89.8 Å². The van der Waals surface area contributed by atoms with E-state index in [1.54, 1.807) is 12.1 Å². The summed E-state index contributed by atoms with van der Waals surface area (Å²) in [6.07, 6.45) is 0. The van der Waals surface area contributed by atoms with Crippen molar-refractivity contribution in [2.24, 2.45) is 0 Å². The minimum atomic E-state index is -2.14. The number of non-ortho nitro benzene ring substituents is 1. The normalized spacial score (nSPS) is 12.4. The Morgan fingerprint density at radius 2 is 1.27 bits per heavy atom. The van der Waals surface area contributed by atoms with Crippen molar-refractivity contribution in [3.05, 3.63) is 95.0 Å². The van der Waals surface area contributed by atoms with Gasteiger partial charge in [-0.2, -0.15) is 0 Å². The first-order valence-corrected chi connectivity index (χ1v) is 10.4. The van der Waals surface area contributed by atoms with Crippen LogP contribution in [0, 0.1) is 10.1 Å². The van der Waals surface area contributed by atoms with Crippen LogP contribution < -0.4 is 0 Å². The summed E-state index contributed by atoms with van der Waals surface area (Å²) in [5.41, 5.74) is 1.97. The number of hydrogen-bond donors (Lipinski definition) is 1. The van der Waals surface area contributed by atoms with Crippen molar-refractivity contribution in [1.29, 1.82) is 0 Å². The molecular formula is C24H15NO4S. The lowest BCUT2D eigenvalue weighted by Crippen LogP contribution is -1.95. The van der Waals surface area contributed by atoms with Crippen LogP contribution in [0.1, 0.15) is 0 Å². The number of nitro benzene ring substituents is 1. The molecule has 0 saturated heterocycles. The minimum absolute atomic E-state index is 0.0564. The molecule has 0 fully saturated rings. The number of hydrogen-bond acceptors (Lipinski definition) is 3. The zero-order chi connectivity index (χ0) is 20.8. The molecule has 0 aromatic heterocycles. The average molecular weight is 413 g/mol. The van der Waals surface area contributed by atoms with E-state index in [0.717, 1.165) is 43.4 Å². The first-order chi connectivity index (χ1) is 14.5. The van der Waals surface area contributed by atoms with Crippen molar-refractivity contribution >= 4 is 49.1 Å². The molecule has 1 atom stereocenters. The van der Waals surface area contributed by atoms with Gasteiger partial charge in [-0.25, -0.2) is 4.21 Å². The second-order valence-electron chi connectivity index (χ2n) is 7.05. The van der Waals surface area contributed by atoms with Crippen LogP contribution in [0.25, 0.3) is 43.4 Å². The topological polar surface area (TPSA) is 80.4 Å². The number of nitro groups is 1. The molecular weight excluding hydrogens is 398 g/mol. The van der Waals surface area contributed by atoms with Crippen LogP contribution in [0.4, 0.5) is 5.69 Å². The second kappa shape index (κ2) is 7.02. The summed E-state index contributed by atoms with van der Waals surface area (Å²) in [7, 11) is 0. The molecule has 5 nitrogen and oxygen atoms in total. The standard InChI is InChI=1S/C24H15NO4S/c26-25(27)18-12-11-15-13-17(10-9-16(15)14-18)23-19-5-1-3-7-21(19)24(30(28)29)22-8-4-2-6-20(22)23/h1-14H,(H,28,29). The molecule has 5 aromatic rings. The van der Waals surface area contributed by atoms with E-state index in [2.05, 4.69) is 0 Å². The van der Waals surface area contributed by atoms with Gasteiger partial charge in [0.1, 0.15) is 0 Å². The van der Waals surface area contributed by atoms with Gasteiger partial charge in [0.15, 0.2) is 11.1 Å². The lowest BCUT2D eigenvalue weighted by atomic mass is 9.91. The van der Waals surface area contributed by atoms with E-state index in [0.29, 0.717) is 4.90 Å². The van der Waals surface area contributed by atoms with E-state index in [1.807, 2.05) is 66.7 Å². The highest BCUT2D eigenvalue weighted by Gasteiger charge is 2.18. The Kier molecular flexibility index (Phi) is 4.31. The van der Waals surface area contributed by atoms with Gasteiger partial charge in [0, 0.05) is 22.9 Å². The van der Waals surface area contributed by atoms with Crippen molar-refractivity contribution in [3.8, 4) is 11.1 Å². The van der Waals surface area contributed by atoms with Crippen molar-refractivity contribution in [2.75, 3.05) is 0 Å². The summed E-state index contributed by atoms with van der Waals surface area (Å²) in [5.74, 6) is 0. The molecule has 0 heterocycles. The Bertz CT molecular complexity index is 1450. The van der Waals surface area contributed by atoms with Gasteiger partial charge in [-0.1, -0.05) is 60.7 Å². The zero-order valence-corrected chi connectivity index (χ0v) is 16.4. The fraction of sp³-hybridized carbons (Fsp3) is 0. The molecule has 5 aromatic carbocycles. The van der Waals surface area contributed by atoms with E-state index in [9.17, 15) is 18.9 Å². The molecule has 0 saturated carbocycles. The van der Waals surface area contributed by atoms with Gasteiger partial charge in [0.2, 0.25) is 0 Å². The van der Waals surface area contributed by atoms with E-state index in [4.69, 9.17) is 0 Å². The average Bonchev–Trinajstić information content (AvgIpc) is 2.76. The Labute approximate surface area is 174 Å². The molecule has 0 radical (unpaired) electrons. The first-order valence-electron chi connectivity index (χ1n) is 9.27. The molecule has 30 heavy (non-hydrogen) atoms. The summed E-state index contributed by atoms with van der Waals surface area (Å²) < 4.78 is 22.2. The van der Waals surface area contributed by atoms with E-state index >= 15 is 0 Å². The third-order valence-corrected chi connectivity index (χ3v) is 6.17. The molecule has 0 amide bonds. The maximum Gasteiger partial charge on any atom is 0.270 e. The molecule has 0 bridgehead atoms. The molecule has 0 aliphatic heterocycles. The fourth-order valence-corrected chi connectivity index (χ4v) is 4.82. The molecule has 6 heteroatoms. The maximum atomic E-state index is 12.2. The van der Waals surface area contributed by atoms with E-state index < -0.39 is 16.0 Å². The molecule has 0 spiro atoms. The van der Waals surface area contributed by atoms with Crippen LogP contribution in [-0.2, 0) is 11.1 Å². The fourth-order valence-electron chi connectivity index (χ4n) is 4.09. The van der Waals surface area contributed by atoms with Crippen LogP contribution in [-0.4, -0.2) is 13.7 Å². The van der Waals surface area contributed by atoms with Crippen LogP contribution in [0.2, 0.25) is 0 Å². The third-order valence-electron chi connectivity index (χ3n) is 5.38. The lowest BCUT2D eigenvalue weighted by Gasteiger charge is -2.15. The molecule has 0 aliphatic rings. The summed E-state index contributed by atoms with van der Waals surface area (Å²) in [4.78, 5) is 11.1. The van der Waals surface area contributed by atoms with Crippen molar-refractivity contribution in [3.63, 3.8) is 0 Å². The smallest absolute Gasteiger partial charge is 0.270 e. The number of rotatable bonds is 3. The highest BCUT2D eigenvalue weighted by molar-refractivity contribution is 7.79. The van der Waals surface area contributed by atoms with Gasteiger partial charge in [-0.3, -0.25) is 10.1 Å². The quantitative estimate of drug-likeness (QED) is 0.163. The van der Waals surface area contributed by atoms with Crippen molar-refractivity contribution in [1.82, 2.24) is 0 Å². The van der Waals surface area contributed by atoms with Gasteiger partial charge in [0.05, 0.1) is 9.82 Å². The first kappa shape index (κ1) is 18.4.